The first-order valence-corrected chi connectivity index (χ1v) is 9.40. The van der Waals surface area contributed by atoms with Crippen LogP contribution in [-0.4, -0.2) is 49.4 Å². The van der Waals surface area contributed by atoms with Gasteiger partial charge in [-0.15, -0.1) is 0 Å². The first-order valence-electron chi connectivity index (χ1n) is 9.40. The average Bonchev–Trinajstić information content (AvgIpc) is 3.08. The summed E-state index contributed by atoms with van der Waals surface area (Å²) in [6.07, 6.45) is 2.77. The van der Waals surface area contributed by atoms with Crippen molar-refractivity contribution in [3.8, 4) is 0 Å². The smallest absolute Gasteiger partial charge is 0.326 e. The van der Waals surface area contributed by atoms with E-state index in [1.165, 1.54) is 4.90 Å². The van der Waals surface area contributed by atoms with Crippen LogP contribution in [-0.2, 0) is 14.3 Å². The number of carbonyl (C=O) groups excluding carboxylic acids is 2. The number of urea groups is 1. The molecule has 25 heavy (non-hydrogen) atoms. The SMILES string of the molecule is CO[C@H]1[C@H](CC(C)C)NC(=O)N1C(=O)[C@]12CC[C@H](C[C@H]1OC)C2(C)C. The molecule has 0 aromatic heterocycles. The van der Waals surface area contributed by atoms with Gasteiger partial charge in [0.2, 0.25) is 5.91 Å². The summed E-state index contributed by atoms with van der Waals surface area (Å²) >= 11 is 0. The van der Waals surface area contributed by atoms with Crippen LogP contribution >= 0.6 is 0 Å². The van der Waals surface area contributed by atoms with Gasteiger partial charge in [-0.3, -0.25) is 4.79 Å². The molecule has 6 heteroatoms. The van der Waals surface area contributed by atoms with Gasteiger partial charge in [-0.1, -0.05) is 27.7 Å². The number of methoxy groups -OCH3 is 2. The highest BCUT2D eigenvalue weighted by Gasteiger charge is 2.70. The molecular formula is C19H32N2O4. The topological polar surface area (TPSA) is 67.9 Å². The van der Waals surface area contributed by atoms with E-state index in [0.29, 0.717) is 11.8 Å². The van der Waals surface area contributed by atoms with Crippen LogP contribution in [0.4, 0.5) is 4.79 Å². The fraction of sp³-hybridized carbons (Fsp3) is 0.895. The number of fused-ring (bicyclic) bond motifs is 2. The van der Waals surface area contributed by atoms with E-state index >= 15 is 0 Å². The zero-order valence-electron chi connectivity index (χ0n) is 16.3. The summed E-state index contributed by atoms with van der Waals surface area (Å²) < 4.78 is 11.3. The van der Waals surface area contributed by atoms with Crippen LogP contribution < -0.4 is 5.32 Å². The van der Waals surface area contributed by atoms with Crippen molar-refractivity contribution in [1.29, 1.82) is 0 Å². The Hall–Kier alpha value is -1.14. The fourth-order valence-corrected chi connectivity index (χ4v) is 5.69. The van der Waals surface area contributed by atoms with Gasteiger partial charge in [0, 0.05) is 14.2 Å². The van der Waals surface area contributed by atoms with Gasteiger partial charge in [0.05, 0.1) is 17.6 Å². The predicted octanol–water partition coefficient (Wildman–Crippen LogP) is 2.77. The molecule has 1 saturated heterocycles. The lowest BCUT2D eigenvalue weighted by Crippen LogP contribution is -2.56. The molecule has 0 spiro atoms. The number of imide groups is 1. The van der Waals surface area contributed by atoms with E-state index in [0.717, 1.165) is 25.7 Å². The summed E-state index contributed by atoms with van der Waals surface area (Å²) in [5.41, 5.74) is -0.827. The van der Waals surface area contributed by atoms with Crippen molar-refractivity contribution in [2.75, 3.05) is 14.2 Å². The number of hydrogen-bond donors (Lipinski definition) is 1. The zero-order chi connectivity index (χ0) is 18.6. The Morgan fingerprint density at radius 2 is 2.00 bits per heavy atom. The molecule has 2 bridgehead atoms. The van der Waals surface area contributed by atoms with Crippen molar-refractivity contribution in [3.63, 3.8) is 0 Å². The molecule has 0 unspecified atom stereocenters. The lowest BCUT2D eigenvalue weighted by Gasteiger charge is -2.42. The van der Waals surface area contributed by atoms with Crippen molar-refractivity contribution in [3.05, 3.63) is 0 Å². The maximum Gasteiger partial charge on any atom is 0.326 e. The largest absolute Gasteiger partial charge is 0.380 e. The molecule has 5 atom stereocenters. The molecule has 1 heterocycles. The maximum absolute atomic E-state index is 13.7. The summed E-state index contributed by atoms with van der Waals surface area (Å²) in [5.74, 6) is 0.737. The Bertz CT molecular complexity index is 562. The third-order valence-corrected chi connectivity index (χ3v) is 7.08. The monoisotopic (exact) mass is 352 g/mol. The molecule has 2 aliphatic carbocycles. The molecule has 3 fully saturated rings. The molecule has 142 valence electrons. The van der Waals surface area contributed by atoms with E-state index in [1.54, 1.807) is 14.2 Å². The normalized spacial score (nSPS) is 39.3. The van der Waals surface area contributed by atoms with Crippen LogP contribution in [0.25, 0.3) is 0 Å². The summed E-state index contributed by atoms with van der Waals surface area (Å²) in [4.78, 5) is 27.8. The van der Waals surface area contributed by atoms with Gasteiger partial charge in [0.1, 0.15) is 0 Å². The van der Waals surface area contributed by atoms with E-state index < -0.39 is 11.6 Å². The van der Waals surface area contributed by atoms with Gasteiger partial charge in [0.25, 0.3) is 0 Å². The molecule has 3 rings (SSSR count). The minimum absolute atomic E-state index is 0.125. The second-order valence-electron chi connectivity index (χ2n) is 8.88. The minimum atomic E-state index is -0.646. The number of rotatable bonds is 5. The number of ether oxygens (including phenoxy) is 2. The second-order valence-corrected chi connectivity index (χ2v) is 8.88. The van der Waals surface area contributed by atoms with Gasteiger partial charge >= 0.3 is 6.03 Å². The zero-order valence-corrected chi connectivity index (χ0v) is 16.3. The summed E-state index contributed by atoms with van der Waals surface area (Å²) in [6, 6.07) is -0.501. The summed E-state index contributed by atoms with van der Waals surface area (Å²) in [6.45, 7) is 8.52. The molecule has 3 aliphatic rings. The Morgan fingerprint density at radius 3 is 2.52 bits per heavy atom. The Morgan fingerprint density at radius 1 is 1.32 bits per heavy atom. The Kier molecular flexibility index (Phi) is 4.65. The van der Waals surface area contributed by atoms with Crippen LogP contribution in [0.5, 0.6) is 0 Å². The molecule has 6 nitrogen and oxygen atoms in total. The van der Waals surface area contributed by atoms with E-state index in [4.69, 9.17) is 9.47 Å². The first-order chi connectivity index (χ1) is 11.7. The third-order valence-electron chi connectivity index (χ3n) is 7.08. The second kappa shape index (κ2) is 6.23. The van der Waals surface area contributed by atoms with Crippen molar-refractivity contribution in [1.82, 2.24) is 10.2 Å². The van der Waals surface area contributed by atoms with Crippen LogP contribution in [0.1, 0.15) is 53.4 Å². The van der Waals surface area contributed by atoms with E-state index in [-0.39, 0.29) is 29.5 Å². The van der Waals surface area contributed by atoms with Crippen LogP contribution in [0.15, 0.2) is 0 Å². The quantitative estimate of drug-likeness (QED) is 0.826. The van der Waals surface area contributed by atoms with E-state index in [2.05, 4.69) is 33.0 Å². The van der Waals surface area contributed by atoms with Gasteiger partial charge < -0.3 is 14.8 Å². The van der Waals surface area contributed by atoms with Crippen molar-refractivity contribution in [2.24, 2.45) is 22.7 Å². The van der Waals surface area contributed by atoms with E-state index in [9.17, 15) is 9.59 Å². The van der Waals surface area contributed by atoms with Gasteiger partial charge in [-0.05, 0) is 42.9 Å². The van der Waals surface area contributed by atoms with Gasteiger partial charge in [-0.25, -0.2) is 9.69 Å². The number of carbonyl (C=O) groups is 2. The third kappa shape index (κ3) is 2.44. The van der Waals surface area contributed by atoms with E-state index in [1.807, 2.05) is 0 Å². The van der Waals surface area contributed by atoms with Gasteiger partial charge in [0.15, 0.2) is 6.23 Å². The Labute approximate surface area is 150 Å². The molecule has 1 N–H and O–H groups in total. The molecule has 2 saturated carbocycles. The highest BCUT2D eigenvalue weighted by atomic mass is 16.5. The molecule has 0 aromatic rings. The molecule has 1 aliphatic heterocycles. The van der Waals surface area contributed by atoms with Gasteiger partial charge in [-0.2, -0.15) is 0 Å². The first kappa shape index (κ1) is 18.6. The fourth-order valence-electron chi connectivity index (χ4n) is 5.69. The molecular weight excluding hydrogens is 320 g/mol. The molecule has 0 radical (unpaired) electrons. The summed E-state index contributed by atoms with van der Waals surface area (Å²) in [5, 5.41) is 2.96. The standard InChI is InChI=1S/C19H32N2O4/c1-11(2)9-13-15(25-6)21(17(23)20-13)16(22)19-8-7-12(18(19,3)4)10-14(19)24-5/h11-15H,7-10H2,1-6H3,(H,20,23)/t12-,13+,14-,15+,19+/m1/s1. The van der Waals surface area contributed by atoms with Crippen LogP contribution in [0, 0.1) is 22.7 Å². The van der Waals surface area contributed by atoms with Crippen molar-refractivity contribution in [2.45, 2.75) is 71.8 Å². The average molecular weight is 352 g/mol. The van der Waals surface area contributed by atoms with Crippen molar-refractivity contribution >= 4 is 11.9 Å². The highest BCUT2D eigenvalue weighted by Crippen LogP contribution is 2.67. The predicted molar refractivity (Wildman–Crippen MR) is 93.8 cm³/mol. The highest BCUT2D eigenvalue weighted by molar-refractivity contribution is 6.00. The van der Waals surface area contributed by atoms with Crippen molar-refractivity contribution < 1.29 is 19.1 Å². The summed E-state index contributed by atoms with van der Waals surface area (Å²) in [7, 11) is 3.25. The number of amides is 3. The maximum atomic E-state index is 13.7. The Balaban J connectivity index is 1.95. The molecule has 0 aromatic carbocycles. The number of hydrogen-bond acceptors (Lipinski definition) is 4. The van der Waals surface area contributed by atoms with Crippen LogP contribution in [0.2, 0.25) is 0 Å². The minimum Gasteiger partial charge on any atom is -0.380 e. The number of nitrogens with one attached hydrogen (secondary N) is 1. The lowest BCUT2D eigenvalue weighted by atomic mass is 9.67. The lowest BCUT2D eigenvalue weighted by molar-refractivity contribution is -0.161. The molecule has 3 amide bonds. The van der Waals surface area contributed by atoms with Crippen LogP contribution in [0.3, 0.4) is 0 Å². The number of nitrogens with zero attached hydrogens (tertiary/aromatic N) is 1.